The largest absolute Gasteiger partial charge is 0.301 e. The number of amides is 1. The first-order valence-corrected chi connectivity index (χ1v) is 12.3. The molecule has 1 unspecified atom stereocenters. The third kappa shape index (κ3) is 3.65. The lowest BCUT2D eigenvalue weighted by molar-refractivity contribution is -0.119. The average molecular weight is 497 g/mol. The summed E-state index contributed by atoms with van der Waals surface area (Å²) in [4.78, 5) is 17.1. The van der Waals surface area contributed by atoms with Crippen LogP contribution in [-0.2, 0) is 14.8 Å². The van der Waals surface area contributed by atoms with E-state index in [4.69, 9.17) is 34.8 Å². The Labute approximate surface area is 184 Å². The normalized spacial score (nSPS) is 18.0. The molecule has 0 radical (unpaired) electrons. The molecule has 28 heavy (non-hydrogen) atoms. The Hall–Kier alpha value is -0.940. The third-order valence-corrected chi connectivity index (χ3v) is 9.64. The molecule has 1 aliphatic heterocycles. The lowest BCUT2D eigenvalue weighted by Gasteiger charge is -2.22. The van der Waals surface area contributed by atoms with E-state index in [9.17, 15) is 13.2 Å². The van der Waals surface area contributed by atoms with E-state index in [2.05, 4.69) is 10.3 Å². The molecule has 3 aromatic rings. The maximum absolute atomic E-state index is 12.9. The lowest BCUT2D eigenvalue weighted by atomic mass is 10.2. The minimum Gasteiger partial charge on any atom is -0.301 e. The first kappa shape index (κ1) is 20.3. The van der Waals surface area contributed by atoms with Crippen LogP contribution in [-0.4, -0.2) is 36.2 Å². The number of benzene rings is 1. The molecule has 6 nitrogen and oxygen atoms in total. The molecule has 2 aromatic heterocycles. The van der Waals surface area contributed by atoms with E-state index in [1.54, 1.807) is 12.1 Å². The van der Waals surface area contributed by atoms with Gasteiger partial charge in [0.2, 0.25) is 5.91 Å². The number of carbonyl (C=O) groups excluding carboxylic acids is 1. The molecule has 1 aromatic carbocycles. The van der Waals surface area contributed by atoms with Crippen LogP contribution in [0.4, 0.5) is 5.13 Å². The van der Waals surface area contributed by atoms with E-state index in [0.29, 0.717) is 37.9 Å². The third-order valence-electron chi connectivity index (χ3n) is 4.30. The van der Waals surface area contributed by atoms with Gasteiger partial charge in [-0.25, -0.2) is 13.4 Å². The van der Waals surface area contributed by atoms with Gasteiger partial charge in [0.15, 0.2) is 5.13 Å². The number of nitrogens with zero attached hydrogens (tertiary/aromatic N) is 2. The van der Waals surface area contributed by atoms with Crippen molar-refractivity contribution in [3.8, 4) is 0 Å². The number of hydrogen-bond acceptors (Lipinski definition) is 6. The number of anilines is 1. The number of sulfonamides is 1. The van der Waals surface area contributed by atoms with Crippen molar-refractivity contribution in [3.63, 3.8) is 0 Å². The minimum atomic E-state index is -3.79. The van der Waals surface area contributed by atoms with Gasteiger partial charge in [-0.1, -0.05) is 46.1 Å². The topological polar surface area (TPSA) is 79.4 Å². The number of halogens is 3. The molecule has 1 amide bonds. The van der Waals surface area contributed by atoms with Crippen LogP contribution in [0.3, 0.4) is 0 Å². The van der Waals surface area contributed by atoms with Crippen LogP contribution in [0.5, 0.6) is 0 Å². The highest BCUT2D eigenvalue weighted by molar-refractivity contribution is 7.91. The van der Waals surface area contributed by atoms with Crippen LogP contribution < -0.4 is 5.32 Å². The summed E-state index contributed by atoms with van der Waals surface area (Å²) in [5.41, 5.74) is 0.499. The van der Waals surface area contributed by atoms with E-state index >= 15 is 0 Å². The predicted molar refractivity (Wildman–Crippen MR) is 115 cm³/mol. The number of nitrogens with one attached hydrogen (secondary N) is 1. The van der Waals surface area contributed by atoms with Crippen molar-refractivity contribution in [1.29, 1.82) is 0 Å². The molecule has 12 heteroatoms. The number of hydrogen-bond donors (Lipinski definition) is 1. The van der Waals surface area contributed by atoms with Gasteiger partial charge in [0.05, 0.1) is 19.1 Å². The van der Waals surface area contributed by atoms with Crippen molar-refractivity contribution in [2.75, 3.05) is 11.9 Å². The van der Waals surface area contributed by atoms with Crippen LogP contribution in [0.25, 0.3) is 10.2 Å². The molecule has 3 heterocycles. The second kappa shape index (κ2) is 7.71. The van der Waals surface area contributed by atoms with Crippen molar-refractivity contribution in [1.82, 2.24) is 9.29 Å². The lowest BCUT2D eigenvalue weighted by Crippen LogP contribution is -2.42. The summed E-state index contributed by atoms with van der Waals surface area (Å²) in [7, 11) is -3.79. The predicted octanol–water partition coefficient (Wildman–Crippen LogP) is 5.11. The molecule has 0 saturated carbocycles. The van der Waals surface area contributed by atoms with Crippen LogP contribution in [0.2, 0.25) is 14.4 Å². The van der Waals surface area contributed by atoms with Gasteiger partial charge in [-0.05, 0) is 37.1 Å². The van der Waals surface area contributed by atoms with Crippen molar-refractivity contribution in [2.24, 2.45) is 0 Å². The Balaban J connectivity index is 1.58. The molecule has 1 atom stereocenters. The fourth-order valence-corrected chi connectivity index (χ4v) is 7.58. The maximum atomic E-state index is 12.9. The standard InChI is InChI=1S/C16H12Cl3N3O3S3/c17-8-3-4-10-14(13(8)19)20-16(26-10)21-15(23)9-2-1-7-22(9)28(24,25)12-6-5-11(18)27-12/h3-6,9H,1-2,7H2,(H,20,21,23). The molecule has 1 N–H and O–H groups in total. The number of carbonyl (C=O) groups is 1. The molecule has 0 bridgehead atoms. The van der Waals surface area contributed by atoms with Crippen LogP contribution in [0.15, 0.2) is 28.5 Å². The number of fused-ring (bicyclic) bond motifs is 1. The SMILES string of the molecule is O=C(Nc1nc2c(Cl)c(Cl)ccc2s1)C1CCCN1S(=O)(=O)c1ccc(Cl)s1. The molecule has 1 fully saturated rings. The highest BCUT2D eigenvalue weighted by Gasteiger charge is 2.40. The first-order chi connectivity index (χ1) is 13.3. The second-order valence-corrected chi connectivity index (χ2v) is 11.7. The highest BCUT2D eigenvalue weighted by Crippen LogP contribution is 2.36. The Kier molecular flexibility index (Phi) is 5.60. The van der Waals surface area contributed by atoms with Crippen LogP contribution >= 0.6 is 57.5 Å². The molecule has 4 rings (SSSR count). The highest BCUT2D eigenvalue weighted by atomic mass is 35.5. The van der Waals surface area contributed by atoms with Crippen molar-refractivity contribution >= 4 is 88.8 Å². The number of rotatable bonds is 4. The van der Waals surface area contributed by atoms with Gasteiger partial charge in [-0.2, -0.15) is 4.31 Å². The zero-order valence-corrected chi connectivity index (χ0v) is 18.7. The Bertz CT molecular complexity index is 1180. The van der Waals surface area contributed by atoms with E-state index < -0.39 is 22.0 Å². The van der Waals surface area contributed by atoms with E-state index in [1.165, 1.54) is 27.8 Å². The summed E-state index contributed by atoms with van der Waals surface area (Å²) in [5.74, 6) is -0.426. The first-order valence-electron chi connectivity index (χ1n) is 8.10. The molecular weight excluding hydrogens is 485 g/mol. The molecule has 1 saturated heterocycles. The molecule has 148 valence electrons. The molecule has 0 aliphatic carbocycles. The summed E-state index contributed by atoms with van der Waals surface area (Å²) in [6.45, 7) is 0.275. The van der Waals surface area contributed by atoms with Gasteiger partial charge in [0, 0.05) is 6.54 Å². The van der Waals surface area contributed by atoms with Gasteiger partial charge < -0.3 is 5.32 Å². The molecule has 0 spiro atoms. The summed E-state index contributed by atoms with van der Waals surface area (Å²) >= 11 is 20.2. The smallest absolute Gasteiger partial charge is 0.253 e. The van der Waals surface area contributed by atoms with Crippen molar-refractivity contribution < 1.29 is 13.2 Å². The number of thiazole rings is 1. The van der Waals surface area contributed by atoms with Gasteiger partial charge >= 0.3 is 0 Å². The maximum Gasteiger partial charge on any atom is 0.253 e. The summed E-state index contributed by atoms with van der Waals surface area (Å²) in [5, 5.41) is 3.75. The molecular formula is C16H12Cl3N3O3S3. The quantitative estimate of drug-likeness (QED) is 0.544. The summed E-state index contributed by atoms with van der Waals surface area (Å²) in [6.07, 6.45) is 1.03. The zero-order valence-electron chi connectivity index (χ0n) is 14.0. The zero-order chi connectivity index (χ0) is 20.1. The van der Waals surface area contributed by atoms with Gasteiger partial charge in [0.25, 0.3) is 10.0 Å². The fraction of sp³-hybridized carbons (Fsp3) is 0.250. The van der Waals surface area contributed by atoms with Crippen LogP contribution in [0.1, 0.15) is 12.8 Å². The Morgan fingerprint density at radius 3 is 2.68 bits per heavy atom. The number of thiophene rings is 1. The van der Waals surface area contributed by atoms with Gasteiger partial charge in [0.1, 0.15) is 15.8 Å². The van der Waals surface area contributed by atoms with E-state index in [-0.39, 0.29) is 10.8 Å². The Morgan fingerprint density at radius 1 is 1.18 bits per heavy atom. The minimum absolute atomic E-state index is 0.124. The second-order valence-electron chi connectivity index (χ2n) is 6.05. The van der Waals surface area contributed by atoms with Gasteiger partial charge in [-0.15, -0.1) is 11.3 Å². The van der Waals surface area contributed by atoms with Gasteiger partial charge in [-0.3, -0.25) is 4.79 Å². The summed E-state index contributed by atoms with van der Waals surface area (Å²) < 4.78 is 28.3. The van der Waals surface area contributed by atoms with E-state index in [1.807, 2.05) is 0 Å². The fourth-order valence-electron chi connectivity index (χ4n) is 3.02. The number of aromatic nitrogens is 1. The van der Waals surface area contributed by atoms with Crippen molar-refractivity contribution in [2.45, 2.75) is 23.1 Å². The summed E-state index contributed by atoms with van der Waals surface area (Å²) in [6, 6.07) is 5.60. The Morgan fingerprint density at radius 2 is 1.96 bits per heavy atom. The monoisotopic (exact) mass is 495 g/mol. The van der Waals surface area contributed by atoms with E-state index in [0.717, 1.165) is 16.0 Å². The average Bonchev–Trinajstić information content (AvgIpc) is 3.37. The van der Waals surface area contributed by atoms with Crippen LogP contribution in [0, 0.1) is 0 Å². The molecule has 1 aliphatic rings. The van der Waals surface area contributed by atoms with Crippen molar-refractivity contribution in [3.05, 3.63) is 38.6 Å².